The molecule has 19 heavy (non-hydrogen) atoms. The van der Waals surface area contributed by atoms with Crippen molar-refractivity contribution in [2.45, 2.75) is 45.7 Å². The minimum atomic E-state index is -1.27. The molecule has 106 valence electrons. The van der Waals surface area contributed by atoms with Crippen molar-refractivity contribution in [1.82, 2.24) is 9.97 Å². The van der Waals surface area contributed by atoms with E-state index in [1.165, 1.54) is 6.20 Å². The monoisotopic (exact) mass is 266 g/mol. The Morgan fingerprint density at radius 3 is 2.79 bits per heavy atom. The number of nitrogens with zero attached hydrogens (tertiary/aromatic N) is 2. The number of carbonyl (C=O) groups is 1. The predicted molar refractivity (Wildman–Crippen MR) is 73.5 cm³/mol. The van der Waals surface area contributed by atoms with E-state index in [0.717, 1.165) is 18.5 Å². The van der Waals surface area contributed by atoms with E-state index in [9.17, 15) is 4.79 Å². The molecule has 0 fully saturated rings. The molecule has 6 heteroatoms. The fourth-order valence-corrected chi connectivity index (χ4v) is 1.47. The maximum absolute atomic E-state index is 12.0. The number of unbranched alkanes of at least 4 members (excludes halogenated alkanes) is 1. The topological polar surface area (TPSA) is 90.1 Å². The first-order valence-corrected chi connectivity index (χ1v) is 6.54. The van der Waals surface area contributed by atoms with Crippen molar-refractivity contribution < 1.29 is 9.53 Å². The first-order chi connectivity index (χ1) is 9.01. The lowest BCUT2D eigenvalue weighted by molar-refractivity contribution is -0.149. The first-order valence-electron chi connectivity index (χ1n) is 6.54. The predicted octanol–water partition coefficient (Wildman–Crippen LogP) is 1.61. The Labute approximate surface area is 113 Å². The van der Waals surface area contributed by atoms with Crippen LogP contribution in [-0.4, -0.2) is 28.2 Å². The number of rotatable bonds is 7. The molecule has 1 atom stereocenters. The van der Waals surface area contributed by atoms with Crippen molar-refractivity contribution in [1.29, 1.82) is 0 Å². The van der Waals surface area contributed by atoms with Gasteiger partial charge >= 0.3 is 5.97 Å². The zero-order valence-corrected chi connectivity index (χ0v) is 11.8. The van der Waals surface area contributed by atoms with Gasteiger partial charge in [0.1, 0.15) is 5.82 Å². The van der Waals surface area contributed by atoms with Gasteiger partial charge < -0.3 is 10.1 Å². The zero-order valence-electron chi connectivity index (χ0n) is 11.8. The molecule has 3 N–H and O–H groups in total. The van der Waals surface area contributed by atoms with Crippen molar-refractivity contribution in [2.24, 2.45) is 5.73 Å². The van der Waals surface area contributed by atoms with Crippen molar-refractivity contribution in [3.05, 3.63) is 18.1 Å². The molecule has 1 heterocycles. The summed E-state index contributed by atoms with van der Waals surface area (Å²) in [6, 6.07) is 0. The van der Waals surface area contributed by atoms with Gasteiger partial charge in [-0.2, -0.15) is 0 Å². The summed E-state index contributed by atoms with van der Waals surface area (Å²) in [4.78, 5) is 20.2. The summed E-state index contributed by atoms with van der Waals surface area (Å²) < 4.78 is 5.17. The third kappa shape index (κ3) is 4.48. The van der Waals surface area contributed by atoms with Gasteiger partial charge in [-0.3, -0.25) is 10.7 Å². The van der Waals surface area contributed by atoms with Gasteiger partial charge in [0.15, 0.2) is 5.66 Å². The summed E-state index contributed by atoms with van der Waals surface area (Å²) in [7, 11) is 0. The van der Waals surface area contributed by atoms with Crippen molar-refractivity contribution in [3.63, 3.8) is 0 Å². The number of esters is 1. The molecule has 1 rings (SSSR count). The largest absolute Gasteiger partial charge is 0.463 e. The number of nitrogens with two attached hydrogens (primary N) is 1. The van der Waals surface area contributed by atoms with Crippen LogP contribution in [0.25, 0.3) is 0 Å². The van der Waals surface area contributed by atoms with Gasteiger partial charge in [0.25, 0.3) is 0 Å². The lowest BCUT2D eigenvalue weighted by Gasteiger charge is -2.27. The van der Waals surface area contributed by atoms with Crippen LogP contribution in [0.5, 0.6) is 0 Å². The van der Waals surface area contributed by atoms with E-state index < -0.39 is 11.6 Å². The van der Waals surface area contributed by atoms with Crippen LogP contribution in [0.1, 0.15) is 38.8 Å². The molecule has 0 aliphatic heterocycles. The lowest BCUT2D eigenvalue weighted by atomic mass is 10.1. The van der Waals surface area contributed by atoms with Gasteiger partial charge in [0, 0.05) is 6.20 Å². The van der Waals surface area contributed by atoms with E-state index in [2.05, 4.69) is 15.3 Å². The second-order valence-corrected chi connectivity index (χ2v) is 4.49. The van der Waals surface area contributed by atoms with E-state index in [1.54, 1.807) is 6.20 Å². The molecule has 0 radical (unpaired) electrons. The van der Waals surface area contributed by atoms with Gasteiger partial charge in [-0.05, 0) is 19.8 Å². The molecule has 1 unspecified atom stereocenters. The summed E-state index contributed by atoms with van der Waals surface area (Å²) in [6.07, 6.45) is 5.36. The second kappa shape index (κ2) is 7.04. The molecule has 0 aliphatic rings. The highest BCUT2D eigenvalue weighted by molar-refractivity contribution is 5.83. The van der Waals surface area contributed by atoms with Gasteiger partial charge in [0.2, 0.25) is 0 Å². The molecular weight excluding hydrogens is 244 g/mol. The molecule has 0 bridgehead atoms. The Kier molecular flexibility index (Phi) is 5.69. The fourth-order valence-electron chi connectivity index (χ4n) is 1.47. The molecule has 0 aliphatic carbocycles. The number of nitrogens with one attached hydrogen (secondary N) is 1. The highest BCUT2D eigenvalue weighted by Crippen LogP contribution is 2.13. The van der Waals surface area contributed by atoms with Crippen LogP contribution in [0.3, 0.4) is 0 Å². The fraction of sp³-hybridized carbons (Fsp3) is 0.615. The Hall–Kier alpha value is -1.69. The molecule has 0 spiro atoms. The second-order valence-electron chi connectivity index (χ2n) is 4.49. The van der Waals surface area contributed by atoms with Gasteiger partial charge in [-0.1, -0.05) is 20.3 Å². The zero-order chi connectivity index (χ0) is 14.3. The molecule has 0 saturated carbocycles. The molecular formula is C13H22N4O2. The Bertz CT molecular complexity index is 425. The van der Waals surface area contributed by atoms with Gasteiger partial charge in [-0.25, -0.2) is 9.78 Å². The Balaban J connectivity index is 2.71. The summed E-state index contributed by atoms with van der Waals surface area (Å²) in [6.45, 7) is 6.05. The lowest BCUT2D eigenvalue weighted by Crippen LogP contribution is -2.55. The average Bonchev–Trinajstić information content (AvgIpc) is 2.38. The summed E-state index contributed by atoms with van der Waals surface area (Å²) in [5.74, 6) is 0.00328. The van der Waals surface area contributed by atoms with Gasteiger partial charge in [0.05, 0.1) is 18.5 Å². The third-order valence-corrected chi connectivity index (χ3v) is 2.76. The van der Waals surface area contributed by atoms with Crippen molar-refractivity contribution in [2.75, 3.05) is 11.9 Å². The number of aryl methyl sites for hydroxylation is 1. The van der Waals surface area contributed by atoms with E-state index in [0.29, 0.717) is 18.8 Å². The van der Waals surface area contributed by atoms with E-state index in [-0.39, 0.29) is 0 Å². The minimum absolute atomic E-state index is 0.384. The van der Waals surface area contributed by atoms with Crippen LogP contribution in [0.4, 0.5) is 5.82 Å². The van der Waals surface area contributed by atoms with Gasteiger partial charge in [-0.15, -0.1) is 0 Å². The van der Waals surface area contributed by atoms with E-state index in [1.807, 2.05) is 20.8 Å². The third-order valence-electron chi connectivity index (χ3n) is 2.76. The van der Waals surface area contributed by atoms with Crippen LogP contribution in [0, 0.1) is 6.92 Å². The molecule has 6 nitrogen and oxygen atoms in total. The van der Waals surface area contributed by atoms with Crippen LogP contribution in [-0.2, 0) is 9.53 Å². The molecule has 1 aromatic heterocycles. The van der Waals surface area contributed by atoms with Crippen molar-refractivity contribution >= 4 is 11.8 Å². The Morgan fingerprint density at radius 1 is 1.47 bits per heavy atom. The smallest absolute Gasteiger partial charge is 0.346 e. The number of aromatic nitrogens is 2. The number of hydrogen-bond acceptors (Lipinski definition) is 6. The van der Waals surface area contributed by atoms with E-state index in [4.69, 9.17) is 10.5 Å². The summed E-state index contributed by atoms with van der Waals surface area (Å²) in [5, 5.41) is 2.90. The van der Waals surface area contributed by atoms with Crippen LogP contribution in [0.15, 0.2) is 12.4 Å². The number of anilines is 1. The van der Waals surface area contributed by atoms with Crippen molar-refractivity contribution in [3.8, 4) is 0 Å². The minimum Gasteiger partial charge on any atom is -0.463 e. The summed E-state index contributed by atoms with van der Waals surface area (Å²) in [5.41, 5.74) is 5.54. The standard InChI is InChI=1S/C13H22N4O2/c1-4-6-7-19-12(18)13(14,5-2)17-11-9-15-8-10(3)16-11/h8-9H,4-7,14H2,1-3H3,(H,16,17). The number of ether oxygens (including phenoxy) is 1. The highest BCUT2D eigenvalue weighted by atomic mass is 16.5. The molecule has 1 aromatic rings. The number of hydrogen-bond donors (Lipinski definition) is 2. The first kappa shape index (κ1) is 15.4. The van der Waals surface area contributed by atoms with Crippen LogP contribution in [0.2, 0.25) is 0 Å². The summed E-state index contributed by atoms with van der Waals surface area (Å²) >= 11 is 0. The average molecular weight is 266 g/mol. The highest BCUT2D eigenvalue weighted by Gasteiger charge is 2.34. The SMILES string of the molecule is CCCCOC(=O)C(N)(CC)Nc1cncc(C)n1. The quantitative estimate of drug-likeness (QED) is 0.442. The number of carbonyl (C=O) groups excluding carboxylic acids is 1. The molecule has 0 amide bonds. The maximum atomic E-state index is 12.0. The normalized spacial score (nSPS) is 13.7. The molecule has 0 saturated heterocycles. The van der Waals surface area contributed by atoms with Crippen LogP contribution < -0.4 is 11.1 Å². The maximum Gasteiger partial charge on any atom is 0.346 e. The molecule has 0 aromatic carbocycles. The Morgan fingerprint density at radius 2 is 2.21 bits per heavy atom. The van der Waals surface area contributed by atoms with Crippen LogP contribution >= 0.6 is 0 Å². The van der Waals surface area contributed by atoms with E-state index >= 15 is 0 Å².